The van der Waals surface area contributed by atoms with Gasteiger partial charge in [0.15, 0.2) is 0 Å². The molecule has 5 nitrogen and oxygen atoms in total. The molecule has 0 spiro atoms. The number of benzene rings is 1. The summed E-state index contributed by atoms with van der Waals surface area (Å²) in [5.41, 5.74) is 6.95. The van der Waals surface area contributed by atoms with Gasteiger partial charge in [0.2, 0.25) is 11.8 Å². The molecule has 0 atom stereocenters. The summed E-state index contributed by atoms with van der Waals surface area (Å²) in [5.74, 6) is 0.00933. The summed E-state index contributed by atoms with van der Waals surface area (Å²) in [7, 11) is 0. The fourth-order valence-corrected chi connectivity index (χ4v) is 2.95. The van der Waals surface area contributed by atoms with Crippen LogP contribution >= 0.6 is 12.4 Å². The summed E-state index contributed by atoms with van der Waals surface area (Å²) in [4.78, 5) is 25.6. The Kier molecular flexibility index (Phi) is 8.79. The fraction of sp³-hybridized carbons (Fsp3) is 0.556. The SMILES string of the molecule is CC(=O)N(CCC(=O)NC1CCC(N)CC1)Cc1ccccc1.Cl. The summed E-state index contributed by atoms with van der Waals surface area (Å²) in [5, 5.41) is 3.07. The highest BCUT2D eigenvalue weighted by Crippen LogP contribution is 2.17. The molecule has 1 aliphatic rings. The highest BCUT2D eigenvalue weighted by Gasteiger charge is 2.20. The second-order valence-electron chi connectivity index (χ2n) is 6.36. The van der Waals surface area contributed by atoms with Crippen molar-refractivity contribution >= 4 is 24.2 Å². The first-order chi connectivity index (χ1) is 11.0. The average Bonchev–Trinajstić information content (AvgIpc) is 2.54. The lowest BCUT2D eigenvalue weighted by Gasteiger charge is -2.27. The van der Waals surface area contributed by atoms with Crippen molar-refractivity contribution in [1.29, 1.82) is 0 Å². The largest absolute Gasteiger partial charge is 0.353 e. The molecule has 0 unspecified atom stereocenters. The Bertz CT molecular complexity index is 516. The van der Waals surface area contributed by atoms with Gasteiger partial charge in [-0.1, -0.05) is 30.3 Å². The van der Waals surface area contributed by atoms with Crippen molar-refractivity contribution in [2.45, 2.75) is 57.7 Å². The molecule has 0 aliphatic heterocycles. The van der Waals surface area contributed by atoms with Gasteiger partial charge in [-0.25, -0.2) is 0 Å². The summed E-state index contributed by atoms with van der Waals surface area (Å²) >= 11 is 0. The maximum atomic E-state index is 12.1. The molecule has 0 radical (unpaired) electrons. The number of nitrogens with one attached hydrogen (secondary N) is 1. The molecular weight excluding hydrogens is 326 g/mol. The highest BCUT2D eigenvalue weighted by atomic mass is 35.5. The summed E-state index contributed by atoms with van der Waals surface area (Å²) in [6.45, 7) is 2.54. The van der Waals surface area contributed by atoms with Gasteiger partial charge >= 0.3 is 0 Å². The molecule has 1 aromatic rings. The Morgan fingerprint density at radius 1 is 1.17 bits per heavy atom. The van der Waals surface area contributed by atoms with E-state index >= 15 is 0 Å². The van der Waals surface area contributed by atoms with Crippen LogP contribution in [0.3, 0.4) is 0 Å². The minimum atomic E-state index is -0.00899. The van der Waals surface area contributed by atoms with E-state index in [0.717, 1.165) is 31.2 Å². The molecule has 0 heterocycles. The Morgan fingerprint density at radius 3 is 2.38 bits per heavy atom. The second-order valence-corrected chi connectivity index (χ2v) is 6.36. The van der Waals surface area contributed by atoms with Crippen molar-refractivity contribution in [2.75, 3.05) is 6.54 Å². The van der Waals surface area contributed by atoms with Gasteiger partial charge in [-0.2, -0.15) is 0 Å². The molecule has 3 N–H and O–H groups in total. The van der Waals surface area contributed by atoms with Crippen LogP contribution in [0, 0.1) is 0 Å². The van der Waals surface area contributed by atoms with Gasteiger partial charge in [-0.15, -0.1) is 12.4 Å². The minimum Gasteiger partial charge on any atom is -0.353 e. The van der Waals surface area contributed by atoms with Crippen LogP contribution in [-0.4, -0.2) is 35.3 Å². The molecule has 1 aliphatic carbocycles. The maximum absolute atomic E-state index is 12.1. The topological polar surface area (TPSA) is 75.4 Å². The molecule has 6 heteroatoms. The predicted octanol–water partition coefficient (Wildman–Crippen LogP) is 2.23. The zero-order valence-corrected chi connectivity index (χ0v) is 15.1. The predicted molar refractivity (Wildman–Crippen MR) is 97.8 cm³/mol. The number of amides is 2. The van der Waals surface area contributed by atoms with Crippen molar-refractivity contribution in [3.63, 3.8) is 0 Å². The van der Waals surface area contributed by atoms with E-state index in [1.807, 2.05) is 30.3 Å². The Labute approximate surface area is 150 Å². The van der Waals surface area contributed by atoms with Gasteiger partial charge in [-0.05, 0) is 31.2 Å². The zero-order valence-electron chi connectivity index (χ0n) is 14.2. The van der Waals surface area contributed by atoms with E-state index < -0.39 is 0 Å². The lowest BCUT2D eigenvalue weighted by atomic mass is 9.92. The number of halogens is 1. The van der Waals surface area contributed by atoms with Crippen LogP contribution in [0.5, 0.6) is 0 Å². The Morgan fingerprint density at radius 2 is 1.79 bits per heavy atom. The molecule has 1 aromatic carbocycles. The molecule has 0 saturated heterocycles. The van der Waals surface area contributed by atoms with E-state index in [4.69, 9.17) is 5.73 Å². The normalized spacial score (nSPS) is 19.9. The van der Waals surface area contributed by atoms with Crippen molar-refractivity contribution in [3.8, 4) is 0 Å². The fourth-order valence-electron chi connectivity index (χ4n) is 2.95. The Balaban J connectivity index is 0.00000288. The highest BCUT2D eigenvalue weighted by molar-refractivity contribution is 5.85. The standard InChI is InChI=1S/C18H27N3O2.ClH/c1-14(22)21(13-15-5-3-2-4-6-15)12-11-18(23)20-17-9-7-16(19)8-10-17;/h2-6,16-17H,7-13,19H2,1H3,(H,20,23);1H. The number of carbonyl (C=O) groups excluding carboxylic acids is 2. The van der Waals surface area contributed by atoms with Crippen molar-refractivity contribution in [1.82, 2.24) is 10.2 Å². The lowest BCUT2D eigenvalue weighted by Crippen LogP contribution is -2.41. The third kappa shape index (κ3) is 6.89. The van der Waals surface area contributed by atoms with Crippen LogP contribution in [0.2, 0.25) is 0 Å². The van der Waals surface area contributed by atoms with Crippen LogP contribution in [0.15, 0.2) is 30.3 Å². The van der Waals surface area contributed by atoms with Crippen molar-refractivity contribution in [3.05, 3.63) is 35.9 Å². The van der Waals surface area contributed by atoms with Crippen LogP contribution in [-0.2, 0) is 16.1 Å². The maximum Gasteiger partial charge on any atom is 0.221 e. The zero-order chi connectivity index (χ0) is 16.7. The molecular formula is C18H28ClN3O2. The van der Waals surface area contributed by atoms with Crippen LogP contribution in [0.25, 0.3) is 0 Å². The summed E-state index contributed by atoms with van der Waals surface area (Å²) < 4.78 is 0. The summed E-state index contributed by atoms with van der Waals surface area (Å²) in [6.07, 6.45) is 4.19. The van der Waals surface area contributed by atoms with Crippen molar-refractivity contribution < 1.29 is 9.59 Å². The number of hydrogen-bond donors (Lipinski definition) is 2. The lowest BCUT2D eigenvalue weighted by molar-refractivity contribution is -0.130. The monoisotopic (exact) mass is 353 g/mol. The molecule has 1 fully saturated rings. The first kappa shape index (κ1) is 20.5. The summed E-state index contributed by atoms with van der Waals surface area (Å²) in [6, 6.07) is 10.3. The smallest absolute Gasteiger partial charge is 0.221 e. The molecule has 0 aromatic heterocycles. The molecule has 134 valence electrons. The van der Waals surface area contributed by atoms with Gasteiger partial charge in [0.05, 0.1) is 0 Å². The first-order valence-corrected chi connectivity index (χ1v) is 8.39. The van der Waals surface area contributed by atoms with E-state index in [0.29, 0.717) is 19.5 Å². The van der Waals surface area contributed by atoms with Crippen LogP contribution < -0.4 is 11.1 Å². The van der Waals surface area contributed by atoms with E-state index in [2.05, 4.69) is 5.32 Å². The number of nitrogens with zero attached hydrogens (tertiary/aromatic N) is 1. The third-order valence-electron chi connectivity index (χ3n) is 4.41. The van der Waals surface area contributed by atoms with Gasteiger partial charge in [0.1, 0.15) is 0 Å². The van der Waals surface area contributed by atoms with E-state index in [9.17, 15) is 9.59 Å². The van der Waals surface area contributed by atoms with Crippen LogP contribution in [0.1, 0.15) is 44.6 Å². The van der Waals surface area contributed by atoms with Gasteiger partial charge < -0.3 is 16.0 Å². The van der Waals surface area contributed by atoms with Crippen LogP contribution in [0.4, 0.5) is 0 Å². The molecule has 24 heavy (non-hydrogen) atoms. The van der Waals surface area contributed by atoms with Crippen molar-refractivity contribution in [2.24, 2.45) is 5.73 Å². The molecule has 0 bridgehead atoms. The molecule has 1 saturated carbocycles. The third-order valence-corrected chi connectivity index (χ3v) is 4.41. The van der Waals surface area contributed by atoms with Gasteiger partial charge in [0.25, 0.3) is 0 Å². The molecule has 2 amide bonds. The number of hydrogen-bond acceptors (Lipinski definition) is 3. The first-order valence-electron chi connectivity index (χ1n) is 8.39. The van der Waals surface area contributed by atoms with E-state index in [1.54, 1.807) is 11.8 Å². The second kappa shape index (κ2) is 10.3. The number of nitrogens with two attached hydrogens (primary N) is 1. The van der Waals surface area contributed by atoms with Gasteiger partial charge in [0, 0.05) is 38.5 Å². The quantitative estimate of drug-likeness (QED) is 0.823. The van der Waals surface area contributed by atoms with E-state index in [-0.39, 0.29) is 36.3 Å². The Hall–Kier alpha value is -1.59. The average molecular weight is 354 g/mol. The van der Waals surface area contributed by atoms with E-state index in [1.165, 1.54) is 0 Å². The number of carbonyl (C=O) groups is 2. The minimum absolute atomic E-state index is 0. The number of rotatable bonds is 6. The van der Waals surface area contributed by atoms with Gasteiger partial charge in [-0.3, -0.25) is 9.59 Å². The molecule has 2 rings (SSSR count).